The molecule has 1 aromatic carbocycles. The number of thiazole rings is 1. The van der Waals surface area contributed by atoms with Crippen LogP contribution in [0.2, 0.25) is 0 Å². The Morgan fingerprint density at radius 3 is 3.00 bits per heavy atom. The molecule has 2 rings (SSSR count). The lowest BCUT2D eigenvalue weighted by atomic mass is 10.2. The van der Waals surface area contributed by atoms with Gasteiger partial charge in [0, 0.05) is 5.38 Å². The second-order valence-corrected chi connectivity index (χ2v) is 3.80. The van der Waals surface area contributed by atoms with Crippen molar-refractivity contribution in [2.45, 2.75) is 6.92 Å². The fraction of sp³-hybridized carbons (Fsp3) is 0.0909. The summed E-state index contributed by atoms with van der Waals surface area (Å²) >= 11 is 1.37. The number of ether oxygens (including phenoxy) is 1. The molecule has 3 nitrogen and oxygen atoms in total. The number of carbonyl (C=O) groups excluding carboxylic acids is 1. The number of carbonyl (C=O) groups is 1. The van der Waals surface area contributed by atoms with Crippen molar-refractivity contribution < 1.29 is 9.53 Å². The number of hydrogen-bond acceptors (Lipinski definition) is 4. The Morgan fingerprint density at radius 2 is 2.33 bits per heavy atom. The van der Waals surface area contributed by atoms with E-state index < -0.39 is 5.97 Å². The van der Waals surface area contributed by atoms with Crippen LogP contribution in [0.5, 0.6) is 5.75 Å². The van der Waals surface area contributed by atoms with Crippen LogP contribution < -0.4 is 4.74 Å². The molecule has 0 aliphatic heterocycles. The van der Waals surface area contributed by atoms with E-state index in [-0.39, 0.29) is 0 Å². The van der Waals surface area contributed by atoms with Gasteiger partial charge in [0.25, 0.3) is 0 Å². The fourth-order valence-electron chi connectivity index (χ4n) is 1.15. The number of nitrogens with zero attached hydrogens (tertiary/aromatic N) is 1. The predicted molar refractivity (Wildman–Crippen MR) is 58.3 cm³/mol. The summed E-state index contributed by atoms with van der Waals surface area (Å²) in [6, 6.07) is 7.35. The molecule has 0 saturated heterocycles. The largest absolute Gasteiger partial charge is 0.422 e. The molecule has 0 saturated carbocycles. The molecule has 0 N–H and O–H groups in total. The normalized spacial score (nSPS) is 9.93. The second kappa shape index (κ2) is 4.23. The van der Waals surface area contributed by atoms with E-state index in [2.05, 4.69) is 4.98 Å². The van der Waals surface area contributed by atoms with Gasteiger partial charge in [-0.05, 0) is 24.6 Å². The lowest BCUT2D eigenvalue weighted by Crippen LogP contribution is -2.08. The van der Waals surface area contributed by atoms with Gasteiger partial charge >= 0.3 is 5.97 Å². The van der Waals surface area contributed by atoms with E-state index in [1.807, 2.05) is 25.1 Å². The summed E-state index contributed by atoms with van der Waals surface area (Å²) < 4.78 is 5.14. The molecule has 1 aromatic heterocycles. The molecule has 0 spiro atoms. The average molecular weight is 219 g/mol. The fourth-order valence-corrected chi connectivity index (χ4v) is 1.67. The molecule has 0 aliphatic carbocycles. The summed E-state index contributed by atoms with van der Waals surface area (Å²) in [5.74, 6) is 0.134. The average Bonchev–Trinajstić information content (AvgIpc) is 2.70. The number of benzene rings is 1. The summed E-state index contributed by atoms with van der Waals surface area (Å²) in [5, 5.41) is 1.66. The van der Waals surface area contributed by atoms with Crippen molar-refractivity contribution >= 4 is 17.3 Å². The first-order chi connectivity index (χ1) is 7.25. The molecule has 0 bridgehead atoms. The Kier molecular flexibility index (Phi) is 2.78. The number of rotatable bonds is 2. The topological polar surface area (TPSA) is 39.2 Å². The first kappa shape index (κ1) is 9.86. The molecule has 2 aromatic rings. The Morgan fingerprint density at radius 1 is 1.47 bits per heavy atom. The number of hydrogen-bond donors (Lipinski definition) is 0. The van der Waals surface area contributed by atoms with Crippen LogP contribution in [0.3, 0.4) is 0 Å². The molecule has 0 fully saturated rings. The van der Waals surface area contributed by atoms with Crippen molar-refractivity contribution in [3.63, 3.8) is 0 Å². The summed E-state index contributed by atoms with van der Waals surface area (Å²) in [6.07, 6.45) is 0. The Balaban J connectivity index is 2.13. The van der Waals surface area contributed by atoms with Gasteiger partial charge in [0.15, 0.2) is 5.69 Å². The highest BCUT2D eigenvalue weighted by Gasteiger charge is 2.09. The van der Waals surface area contributed by atoms with Crippen LogP contribution in [0.1, 0.15) is 16.1 Å². The molecule has 4 heteroatoms. The maximum Gasteiger partial charge on any atom is 0.363 e. The van der Waals surface area contributed by atoms with Gasteiger partial charge < -0.3 is 4.74 Å². The van der Waals surface area contributed by atoms with Crippen LogP contribution >= 0.6 is 11.3 Å². The van der Waals surface area contributed by atoms with Gasteiger partial charge in [-0.1, -0.05) is 12.1 Å². The van der Waals surface area contributed by atoms with E-state index in [9.17, 15) is 4.79 Å². The van der Waals surface area contributed by atoms with Crippen molar-refractivity contribution in [3.05, 3.63) is 46.4 Å². The van der Waals surface area contributed by atoms with E-state index in [0.717, 1.165) is 5.56 Å². The van der Waals surface area contributed by atoms with Crippen molar-refractivity contribution in [2.24, 2.45) is 0 Å². The molecule has 0 aliphatic rings. The molecule has 1 heterocycles. The smallest absolute Gasteiger partial charge is 0.363 e. The number of esters is 1. The summed E-state index contributed by atoms with van der Waals surface area (Å²) in [5.41, 5.74) is 3.01. The quantitative estimate of drug-likeness (QED) is 0.575. The minimum atomic E-state index is -0.415. The molecule has 0 amide bonds. The molecule has 76 valence electrons. The SMILES string of the molecule is Cc1cccc(OC(=O)c2cscn2)c1. The monoisotopic (exact) mass is 219 g/mol. The number of aryl methyl sites for hydroxylation is 1. The Hall–Kier alpha value is -1.68. The van der Waals surface area contributed by atoms with Crippen LogP contribution in [0, 0.1) is 6.92 Å². The molecular formula is C11H9NO2S. The van der Waals surface area contributed by atoms with Crippen molar-refractivity contribution in [1.29, 1.82) is 0 Å². The minimum absolute atomic E-state index is 0.349. The summed E-state index contributed by atoms with van der Waals surface area (Å²) in [4.78, 5) is 15.4. The highest BCUT2D eigenvalue weighted by Crippen LogP contribution is 2.14. The van der Waals surface area contributed by atoms with Gasteiger partial charge in [0.05, 0.1) is 5.51 Å². The van der Waals surface area contributed by atoms with Crippen LogP contribution in [0.15, 0.2) is 35.2 Å². The maximum absolute atomic E-state index is 11.5. The lowest BCUT2D eigenvalue weighted by Gasteiger charge is -2.02. The molecule has 0 radical (unpaired) electrons. The molecule has 15 heavy (non-hydrogen) atoms. The lowest BCUT2D eigenvalue weighted by molar-refractivity contribution is 0.0729. The summed E-state index contributed by atoms with van der Waals surface area (Å²) in [7, 11) is 0. The Bertz CT molecular complexity index is 465. The molecule has 0 atom stereocenters. The van der Waals surface area contributed by atoms with Gasteiger partial charge in [0.1, 0.15) is 5.75 Å². The third-order valence-electron chi connectivity index (χ3n) is 1.84. The van der Waals surface area contributed by atoms with Crippen LogP contribution in [-0.2, 0) is 0 Å². The minimum Gasteiger partial charge on any atom is -0.422 e. The van der Waals surface area contributed by atoms with Crippen molar-refractivity contribution in [1.82, 2.24) is 4.98 Å². The standard InChI is InChI=1S/C11H9NO2S/c1-8-3-2-4-9(5-8)14-11(13)10-6-15-7-12-10/h2-7H,1H3. The van der Waals surface area contributed by atoms with Crippen molar-refractivity contribution in [2.75, 3.05) is 0 Å². The van der Waals surface area contributed by atoms with Gasteiger partial charge in [0.2, 0.25) is 0 Å². The molecule has 0 unspecified atom stereocenters. The van der Waals surface area contributed by atoms with E-state index in [0.29, 0.717) is 11.4 Å². The van der Waals surface area contributed by atoms with Gasteiger partial charge in [-0.3, -0.25) is 0 Å². The highest BCUT2D eigenvalue weighted by molar-refractivity contribution is 7.07. The molecular weight excluding hydrogens is 210 g/mol. The zero-order chi connectivity index (χ0) is 10.7. The van der Waals surface area contributed by atoms with Crippen LogP contribution in [0.4, 0.5) is 0 Å². The number of aromatic nitrogens is 1. The Labute approximate surface area is 91.4 Å². The summed E-state index contributed by atoms with van der Waals surface area (Å²) in [6.45, 7) is 1.94. The van der Waals surface area contributed by atoms with Crippen LogP contribution in [-0.4, -0.2) is 11.0 Å². The van der Waals surface area contributed by atoms with E-state index in [4.69, 9.17) is 4.74 Å². The third-order valence-corrected chi connectivity index (χ3v) is 2.43. The van der Waals surface area contributed by atoms with Crippen molar-refractivity contribution in [3.8, 4) is 5.75 Å². The van der Waals surface area contributed by atoms with E-state index in [1.54, 1.807) is 17.0 Å². The predicted octanol–water partition coefficient (Wildman–Crippen LogP) is 2.67. The van der Waals surface area contributed by atoms with E-state index in [1.165, 1.54) is 11.3 Å². The van der Waals surface area contributed by atoms with Gasteiger partial charge in [-0.15, -0.1) is 11.3 Å². The maximum atomic E-state index is 11.5. The van der Waals surface area contributed by atoms with Gasteiger partial charge in [-0.2, -0.15) is 0 Å². The zero-order valence-electron chi connectivity index (χ0n) is 8.14. The highest BCUT2D eigenvalue weighted by atomic mass is 32.1. The third kappa shape index (κ3) is 2.41. The van der Waals surface area contributed by atoms with E-state index >= 15 is 0 Å². The zero-order valence-corrected chi connectivity index (χ0v) is 8.95. The van der Waals surface area contributed by atoms with Crippen LogP contribution in [0.25, 0.3) is 0 Å². The second-order valence-electron chi connectivity index (χ2n) is 3.08. The van der Waals surface area contributed by atoms with Gasteiger partial charge in [-0.25, -0.2) is 9.78 Å². The first-order valence-corrected chi connectivity index (χ1v) is 5.37. The first-order valence-electron chi connectivity index (χ1n) is 4.43.